The summed E-state index contributed by atoms with van der Waals surface area (Å²) in [5, 5.41) is 5.66. The van der Waals surface area contributed by atoms with Crippen molar-refractivity contribution < 1.29 is 9.59 Å². The Balaban J connectivity index is 2.19. The lowest BCUT2D eigenvalue weighted by Crippen LogP contribution is -2.25. The Morgan fingerprint density at radius 3 is 2.50 bits per heavy atom. The lowest BCUT2D eigenvalue weighted by Gasteiger charge is -2.10. The quantitative estimate of drug-likeness (QED) is 0.882. The summed E-state index contributed by atoms with van der Waals surface area (Å²) in [6.07, 6.45) is 0.869. The van der Waals surface area contributed by atoms with Gasteiger partial charge < -0.3 is 10.6 Å². The summed E-state index contributed by atoms with van der Waals surface area (Å²) < 4.78 is 0. The number of anilines is 1. The second kappa shape index (κ2) is 7.22. The Hall–Kier alpha value is -2.14. The first-order valence-electron chi connectivity index (χ1n) is 7.28. The van der Waals surface area contributed by atoms with Gasteiger partial charge in [0.1, 0.15) is 0 Å². The third-order valence-corrected chi connectivity index (χ3v) is 4.50. The highest BCUT2D eigenvalue weighted by Crippen LogP contribution is 2.23. The maximum atomic E-state index is 12.3. The molecule has 1 aromatic heterocycles. The summed E-state index contributed by atoms with van der Waals surface area (Å²) >= 11 is 1.46. The largest absolute Gasteiger partial charge is 0.352 e. The van der Waals surface area contributed by atoms with Gasteiger partial charge in [0.25, 0.3) is 11.8 Å². The van der Waals surface area contributed by atoms with Crippen LogP contribution in [-0.4, -0.2) is 18.4 Å². The van der Waals surface area contributed by atoms with Gasteiger partial charge in [0.2, 0.25) is 0 Å². The van der Waals surface area contributed by atoms with Gasteiger partial charge in [-0.15, -0.1) is 11.3 Å². The Labute approximate surface area is 134 Å². The number of carbonyl (C=O) groups is 2. The lowest BCUT2D eigenvalue weighted by atomic mass is 10.1. The van der Waals surface area contributed by atoms with Crippen LogP contribution >= 0.6 is 11.3 Å². The SMILES string of the molecule is CCCNC(=O)c1ccccc1NC(=O)c1cc(C)c(C)s1. The molecule has 0 atom stereocenters. The number of carbonyl (C=O) groups excluding carboxylic acids is 2. The third kappa shape index (κ3) is 3.74. The minimum absolute atomic E-state index is 0.170. The van der Waals surface area contributed by atoms with Crippen molar-refractivity contribution >= 4 is 28.8 Å². The number of amides is 2. The van der Waals surface area contributed by atoms with E-state index in [-0.39, 0.29) is 11.8 Å². The predicted octanol–water partition coefficient (Wildman–Crippen LogP) is 3.76. The third-order valence-electron chi connectivity index (χ3n) is 3.35. The Morgan fingerprint density at radius 2 is 1.86 bits per heavy atom. The first-order valence-corrected chi connectivity index (χ1v) is 8.10. The Bertz CT molecular complexity index is 672. The van der Waals surface area contributed by atoms with E-state index in [1.165, 1.54) is 11.3 Å². The van der Waals surface area contributed by atoms with E-state index in [1.807, 2.05) is 26.8 Å². The number of hydrogen-bond donors (Lipinski definition) is 2. The zero-order chi connectivity index (χ0) is 16.1. The first-order chi connectivity index (χ1) is 10.5. The lowest BCUT2D eigenvalue weighted by molar-refractivity contribution is 0.0954. The van der Waals surface area contributed by atoms with Crippen LogP contribution in [0, 0.1) is 13.8 Å². The van der Waals surface area contributed by atoms with Crippen molar-refractivity contribution in [3.05, 3.63) is 51.2 Å². The number of thiophene rings is 1. The van der Waals surface area contributed by atoms with Crippen LogP contribution in [0.5, 0.6) is 0 Å². The summed E-state index contributed by atoms with van der Waals surface area (Å²) in [5.74, 6) is -0.353. The number of aryl methyl sites for hydroxylation is 2. The summed E-state index contributed by atoms with van der Waals surface area (Å²) in [4.78, 5) is 26.3. The van der Waals surface area contributed by atoms with Crippen LogP contribution in [0.15, 0.2) is 30.3 Å². The molecule has 0 saturated carbocycles. The highest BCUT2D eigenvalue weighted by Gasteiger charge is 2.15. The second-order valence-corrected chi connectivity index (χ2v) is 6.36. The molecule has 2 rings (SSSR count). The van der Waals surface area contributed by atoms with Gasteiger partial charge >= 0.3 is 0 Å². The molecule has 22 heavy (non-hydrogen) atoms. The van der Waals surface area contributed by atoms with Gasteiger partial charge in [-0.05, 0) is 44.0 Å². The van der Waals surface area contributed by atoms with Gasteiger partial charge in [0.05, 0.1) is 16.1 Å². The molecule has 1 heterocycles. The molecule has 0 unspecified atom stereocenters. The van der Waals surface area contributed by atoms with E-state index < -0.39 is 0 Å². The Morgan fingerprint density at radius 1 is 1.14 bits per heavy atom. The molecule has 2 amide bonds. The van der Waals surface area contributed by atoms with Crippen LogP contribution in [0.4, 0.5) is 5.69 Å². The van der Waals surface area contributed by atoms with Crippen LogP contribution in [0.3, 0.4) is 0 Å². The smallest absolute Gasteiger partial charge is 0.265 e. The van der Waals surface area contributed by atoms with Gasteiger partial charge in [0, 0.05) is 11.4 Å². The summed E-state index contributed by atoms with van der Waals surface area (Å²) in [5.41, 5.74) is 2.11. The number of rotatable bonds is 5. The Kier molecular flexibility index (Phi) is 5.33. The fourth-order valence-electron chi connectivity index (χ4n) is 1.99. The molecule has 0 fully saturated rings. The summed E-state index contributed by atoms with van der Waals surface area (Å²) in [6.45, 7) is 6.58. The maximum absolute atomic E-state index is 12.3. The van der Waals surface area contributed by atoms with Crippen molar-refractivity contribution in [2.75, 3.05) is 11.9 Å². The molecule has 116 valence electrons. The minimum atomic E-state index is -0.183. The molecule has 0 saturated heterocycles. The van der Waals surface area contributed by atoms with Crippen LogP contribution in [-0.2, 0) is 0 Å². The van der Waals surface area contributed by atoms with E-state index in [2.05, 4.69) is 10.6 Å². The van der Waals surface area contributed by atoms with Crippen molar-refractivity contribution in [3.63, 3.8) is 0 Å². The molecule has 4 nitrogen and oxygen atoms in total. The summed E-state index contributed by atoms with van der Waals surface area (Å²) in [7, 11) is 0. The van der Waals surface area contributed by atoms with Gasteiger partial charge in [-0.25, -0.2) is 0 Å². The fraction of sp³-hybridized carbons (Fsp3) is 0.294. The standard InChI is InChI=1S/C17H20N2O2S/c1-4-9-18-16(20)13-7-5-6-8-14(13)19-17(21)15-10-11(2)12(3)22-15/h5-8,10H,4,9H2,1-3H3,(H,18,20)(H,19,21). The van der Waals surface area contributed by atoms with E-state index in [4.69, 9.17) is 0 Å². The second-order valence-electron chi connectivity index (χ2n) is 5.11. The predicted molar refractivity (Wildman–Crippen MR) is 90.8 cm³/mol. The van der Waals surface area contributed by atoms with Gasteiger partial charge in [-0.2, -0.15) is 0 Å². The van der Waals surface area contributed by atoms with Crippen molar-refractivity contribution in [2.45, 2.75) is 27.2 Å². The molecule has 0 aliphatic carbocycles. The van der Waals surface area contributed by atoms with Crippen molar-refractivity contribution in [1.82, 2.24) is 5.32 Å². The van der Waals surface area contributed by atoms with Gasteiger partial charge in [-0.3, -0.25) is 9.59 Å². The highest BCUT2D eigenvalue weighted by atomic mass is 32.1. The fourth-order valence-corrected chi connectivity index (χ4v) is 2.92. The van der Waals surface area contributed by atoms with Crippen molar-refractivity contribution in [2.24, 2.45) is 0 Å². The van der Waals surface area contributed by atoms with Crippen LogP contribution < -0.4 is 10.6 Å². The molecule has 0 radical (unpaired) electrons. The monoisotopic (exact) mass is 316 g/mol. The maximum Gasteiger partial charge on any atom is 0.265 e. The van der Waals surface area contributed by atoms with E-state index in [0.717, 1.165) is 16.9 Å². The molecule has 2 N–H and O–H groups in total. The minimum Gasteiger partial charge on any atom is -0.352 e. The molecule has 5 heteroatoms. The molecular formula is C17H20N2O2S. The van der Waals surface area contributed by atoms with E-state index in [0.29, 0.717) is 22.7 Å². The average Bonchev–Trinajstić information content (AvgIpc) is 2.85. The highest BCUT2D eigenvalue weighted by molar-refractivity contribution is 7.14. The van der Waals surface area contributed by atoms with Crippen LogP contribution in [0.25, 0.3) is 0 Å². The molecular weight excluding hydrogens is 296 g/mol. The molecule has 2 aromatic rings. The van der Waals surface area contributed by atoms with Crippen molar-refractivity contribution in [3.8, 4) is 0 Å². The average molecular weight is 316 g/mol. The van der Waals surface area contributed by atoms with E-state index >= 15 is 0 Å². The molecule has 0 spiro atoms. The first kappa shape index (κ1) is 16.2. The topological polar surface area (TPSA) is 58.2 Å². The number of nitrogens with one attached hydrogen (secondary N) is 2. The van der Waals surface area contributed by atoms with E-state index in [1.54, 1.807) is 24.3 Å². The normalized spacial score (nSPS) is 10.3. The number of benzene rings is 1. The van der Waals surface area contributed by atoms with Gasteiger partial charge in [0.15, 0.2) is 0 Å². The molecule has 0 aliphatic heterocycles. The zero-order valence-electron chi connectivity index (χ0n) is 13.0. The number of hydrogen-bond acceptors (Lipinski definition) is 3. The van der Waals surface area contributed by atoms with Crippen LogP contribution in [0.2, 0.25) is 0 Å². The zero-order valence-corrected chi connectivity index (χ0v) is 13.8. The number of para-hydroxylation sites is 1. The van der Waals surface area contributed by atoms with Gasteiger partial charge in [-0.1, -0.05) is 19.1 Å². The molecule has 0 aliphatic rings. The summed E-state index contributed by atoms with van der Waals surface area (Å²) in [6, 6.07) is 8.92. The van der Waals surface area contributed by atoms with Crippen LogP contribution in [0.1, 0.15) is 43.8 Å². The van der Waals surface area contributed by atoms with Crippen molar-refractivity contribution in [1.29, 1.82) is 0 Å². The molecule has 0 bridgehead atoms. The molecule has 1 aromatic carbocycles. The van der Waals surface area contributed by atoms with E-state index in [9.17, 15) is 9.59 Å².